The molecule has 0 saturated heterocycles. The molecule has 130 valence electrons. The number of esters is 1. The number of benzene rings is 2. The number of amides is 2. The minimum absolute atomic E-state index is 0.221. The normalized spacial score (nSPS) is 10.0. The highest BCUT2D eigenvalue weighted by Crippen LogP contribution is 2.16. The summed E-state index contributed by atoms with van der Waals surface area (Å²) in [5, 5.41) is 2.16. The summed E-state index contributed by atoms with van der Waals surface area (Å²) < 4.78 is 10.0. The average molecular weight is 341 g/mol. The highest BCUT2D eigenvalue weighted by atomic mass is 16.5. The predicted octanol–water partition coefficient (Wildman–Crippen LogP) is 2.43. The number of nitrogens with one attached hydrogen (secondary N) is 1. The van der Waals surface area contributed by atoms with Crippen LogP contribution in [0.2, 0.25) is 0 Å². The summed E-state index contributed by atoms with van der Waals surface area (Å²) in [6, 6.07) is 11.6. The summed E-state index contributed by atoms with van der Waals surface area (Å²) in [5.41, 5.74) is 2.58. The Balaban J connectivity index is 1.93. The second kappa shape index (κ2) is 8.10. The van der Waals surface area contributed by atoms with Crippen LogP contribution in [0.25, 0.3) is 0 Å². The van der Waals surface area contributed by atoms with Crippen molar-refractivity contribution in [1.29, 1.82) is 0 Å². The molecule has 25 heavy (non-hydrogen) atoms. The highest BCUT2D eigenvalue weighted by Gasteiger charge is 2.16. The van der Waals surface area contributed by atoms with E-state index in [2.05, 4.69) is 5.32 Å². The van der Waals surface area contributed by atoms with Crippen molar-refractivity contribution >= 4 is 17.8 Å². The van der Waals surface area contributed by atoms with Gasteiger partial charge >= 0.3 is 5.97 Å². The van der Waals surface area contributed by atoms with Crippen molar-refractivity contribution in [1.82, 2.24) is 5.32 Å². The maximum Gasteiger partial charge on any atom is 0.338 e. The van der Waals surface area contributed by atoms with Gasteiger partial charge in [0.2, 0.25) is 0 Å². The molecule has 0 atom stereocenters. The number of aryl methyl sites for hydroxylation is 2. The first kappa shape index (κ1) is 18.2. The van der Waals surface area contributed by atoms with Gasteiger partial charge in [0.05, 0.1) is 18.2 Å². The van der Waals surface area contributed by atoms with Crippen molar-refractivity contribution in [2.45, 2.75) is 13.8 Å². The van der Waals surface area contributed by atoms with Crippen LogP contribution in [0.3, 0.4) is 0 Å². The van der Waals surface area contributed by atoms with E-state index in [-0.39, 0.29) is 5.56 Å². The Morgan fingerprint density at radius 2 is 1.72 bits per heavy atom. The number of rotatable bonds is 5. The van der Waals surface area contributed by atoms with E-state index < -0.39 is 24.4 Å². The van der Waals surface area contributed by atoms with Crippen LogP contribution in [0, 0.1) is 13.8 Å². The van der Waals surface area contributed by atoms with Crippen molar-refractivity contribution in [3.63, 3.8) is 0 Å². The van der Waals surface area contributed by atoms with E-state index in [1.54, 1.807) is 36.4 Å². The first-order valence-corrected chi connectivity index (χ1v) is 7.64. The van der Waals surface area contributed by atoms with Crippen LogP contribution < -0.4 is 10.1 Å². The minimum Gasteiger partial charge on any atom is -0.496 e. The van der Waals surface area contributed by atoms with Crippen molar-refractivity contribution in [2.75, 3.05) is 13.7 Å². The number of carbonyl (C=O) groups is 3. The SMILES string of the molecule is COc1ccccc1C(=O)NC(=O)COC(=O)c1ccc(C)c(C)c1. The zero-order valence-electron chi connectivity index (χ0n) is 14.3. The Morgan fingerprint density at radius 3 is 2.40 bits per heavy atom. The van der Waals surface area contributed by atoms with Crippen molar-refractivity contribution in [3.8, 4) is 5.75 Å². The summed E-state index contributed by atoms with van der Waals surface area (Å²) in [6.45, 7) is 3.26. The van der Waals surface area contributed by atoms with Crippen LogP contribution in [0.5, 0.6) is 5.75 Å². The fraction of sp³-hybridized carbons (Fsp3) is 0.211. The standard InChI is InChI=1S/C19H19NO5/c1-12-8-9-14(10-13(12)2)19(23)25-11-17(21)20-18(22)15-6-4-5-7-16(15)24-3/h4-10H,11H2,1-3H3,(H,20,21,22). The molecular formula is C19H19NO5. The lowest BCUT2D eigenvalue weighted by Gasteiger charge is -2.09. The Bertz CT molecular complexity index is 813. The molecule has 6 nitrogen and oxygen atoms in total. The molecule has 2 aromatic carbocycles. The number of imide groups is 1. The smallest absolute Gasteiger partial charge is 0.338 e. The Kier molecular flexibility index (Phi) is 5.89. The van der Waals surface area contributed by atoms with Gasteiger partial charge in [-0.25, -0.2) is 4.79 Å². The Morgan fingerprint density at radius 1 is 1.00 bits per heavy atom. The lowest BCUT2D eigenvalue weighted by molar-refractivity contribution is -0.123. The quantitative estimate of drug-likeness (QED) is 0.845. The van der Waals surface area contributed by atoms with Gasteiger partial charge in [-0.3, -0.25) is 14.9 Å². The number of ether oxygens (including phenoxy) is 2. The molecule has 0 aliphatic carbocycles. The van der Waals surface area contributed by atoms with Gasteiger partial charge in [-0.2, -0.15) is 0 Å². The van der Waals surface area contributed by atoms with E-state index in [0.29, 0.717) is 11.3 Å². The van der Waals surface area contributed by atoms with E-state index in [9.17, 15) is 14.4 Å². The lowest BCUT2D eigenvalue weighted by Crippen LogP contribution is -2.34. The Hall–Kier alpha value is -3.15. The number of hydrogen-bond acceptors (Lipinski definition) is 5. The van der Waals surface area contributed by atoms with Gasteiger partial charge in [-0.15, -0.1) is 0 Å². The molecule has 0 fully saturated rings. The fourth-order valence-corrected chi connectivity index (χ4v) is 2.15. The largest absolute Gasteiger partial charge is 0.496 e. The third-order valence-electron chi connectivity index (χ3n) is 3.68. The lowest BCUT2D eigenvalue weighted by atomic mass is 10.1. The average Bonchev–Trinajstić information content (AvgIpc) is 2.61. The monoisotopic (exact) mass is 341 g/mol. The number of methoxy groups -OCH3 is 1. The number of carbonyl (C=O) groups excluding carboxylic acids is 3. The molecule has 2 amide bonds. The zero-order valence-corrected chi connectivity index (χ0v) is 14.3. The zero-order chi connectivity index (χ0) is 18.4. The fourth-order valence-electron chi connectivity index (χ4n) is 2.15. The molecule has 1 N–H and O–H groups in total. The van der Waals surface area contributed by atoms with E-state index >= 15 is 0 Å². The Labute approximate surface area is 145 Å². The van der Waals surface area contributed by atoms with Gasteiger partial charge in [0, 0.05) is 0 Å². The molecule has 2 rings (SSSR count). The van der Waals surface area contributed by atoms with Crippen molar-refractivity contribution < 1.29 is 23.9 Å². The molecule has 0 aliphatic rings. The molecule has 0 aliphatic heterocycles. The molecule has 0 bridgehead atoms. The van der Waals surface area contributed by atoms with Crippen LogP contribution in [0.4, 0.5) is 0 Å². The topological polar surface area (TPSA) is 81.7 Å². The van der Waals surface area contributed by atoms with E-state index in [0.717, 1.165) is 11.1 Å². The van der Waals surface area contributed by atoms with E-state index in [1.807, 2.05) is 13.8 Å². The summed E-state index contributed by atoms with van der Waals surface area (Å²) >= 11 is 0. The third-order valence-corrected chi connectivity index (χ3v) is 3.68. The van der Waals surface area contributed by atoms with Crippen LogP contribution in [-0.2, 0) is 9.53 Å². The maximum atomic E-state index is 12.1. The molecule has 2 aromatic rings. The molecule has 0 unspecified atom stereocenters. The number of hydrogen-bond donors (Lipinski definition) is 1. The first-order chi connectivity index (χ1) is 11.9. The molecule has 0 aromatic heterocycles. The van der Waals surface area contributed by atoms with Crippen molar-refractivity contribution in [3.05, 3.63) is 64.7 Å². The number of para-hydroxylation sites is 1. The van der Waals surface area contributed by atoms with E-state index in [4.69, 9.17) is 9.47 Å². The van der Waals surface area contributed by atoms with Crippen LogP contribution >= 0.6 is 0 Å². The van der Waals surface area contributed by atoms with Crippen LogP contribution in [-0.4, -0.2) is 31.5 Å². The second-order valence-corrected chi connectivity index (χ2v) is 5.45. The van der Waals surface area contributed by atoms with Crippen LogP contribution in [0.15, 0.2) is 42.5 Å². The molecule has 6 heteroatoms. The third kappa shape index (κ3) is 4.67. The molecule has 0 radical (unpaired) electrons. The van der Waals surface area contributed by atoms with Crippen molar-refractivity contribution in [2.24, 2.45) is 0 Å². The predicted molar refractivity (Wildman–Crippen MR) is 91.7 cm³/mol. The molecule has 0 heterocycles. The maximum absolute atomic E-state index is 12.1. The minimum atomic E-state index is -0.715. The van der Waals surface area contributed by atoms with E-state index in [1.165, 1.54) is 13.2 Å². The van der Waals surface area contributed by atoms with Gasteiger partial charge in [-0.05, 0) is 49.2 Å². The highest BCUT2D eigenvalue weighted by molar-refractivity contribution is 6.07. The molecule has 0 spiro atoms. The van der Waals surface area contributed by atoms with Gasteiger partial charge in [0.1, 0.15) is 5.75 Å². The molecule has 0 saturated carbocycles. The summed E-state index contributed by atoms with van der Waals surface area (Å²) in [7, 11) is 1.43. The summed E-state index contributed by atoms with van der Waals surface area (Å²) in [4.78, 5) is 35.9. The first-order valence-electron chi connectivity index (χ1n) is 7.64. The second-order valence-electron chi connectivity index (χ2n) is 5.45. The van der Waals surface area contributed by atoms with Crippen LogP contribution in [0.1, 0.15) is 31.8 Å². The summed E-state index contributed by atoms with van der Waals surface area (Å²) in [5.74, 6) is -1.61. The van der Waals surface area contributed by atoms with Gasteiger partial charge in [0.15, 0.2) is 6.61 Å². The summed E-state index contributed by atoms with van der Waals surface area (Å²) in [6.07, 6.45) is 0. The van der Waals surface area contributed by atoms with Gasteiger partial charge in [0.25, 0.3) is 11.8 Å². The van der Waals surface area contributed by atoms with Gasteiger partial charge in [-0.1, -0.05) is 18.2 Å². The molecular weight excluding hydrogens is 322 g/mol. The van der Waals surface area contributed by atoms with Gasteiger partial charge < -0.3 is 9.47 Å².